The second-order valence-electron chi connectivity index (χ2n) is 24.8. The Kier molecular flexibility index (Phi) is 10.5. The molecule has 15 aromatic carbocycles. The molecule has 0 aliphatic heterocycles. The Balaban J connectivity index is 0.665. The van der Waals surface area contributed by atoms with Crippen molar-refractivity contribution in [2.24, 2.45) is 0 Å². The van der Waals surface area contributed by atoms with E-state index in [1.807, 2.05) is 0 Å². The van der Waals surface area contributed by atoms with E-state index in [1.54, 1.807) is 0 Å². The summed E-state index contributed by atoms with van der Waals surface area (Å²) in [6.45, 7) is 9.59. The van der Waals surface area contributed by atoms with Crippen LogP contribution in [-0.4, -0.2) is 0 Å². The molecule has 0 saturated heterocycles. The summed E-state index contributed by atoms with van der Waals surface area (Å²) in [4.78, 5) is 0. The Morgan fingerprint density at radius 3 is 1.00 bits per heavy atom. The number of benzene rings is 15. The van der Waals surface area contributed by atoms with Crippen LogP contribution in [0.2, 0.25) is 0 Å². The molecule has 0 N–H and O–H groups in total. The summed E-state index contributed by atoms with van der Waals surface area (Å²) in [5, 5.41) is 12.9. The molecule has 0 heterocycles. The van der Waals surface area contributed by atoms with Crippen LogP contribution in [0.3, 0.4) is 0 Å². The maximum atomic E-state index is 2.46. The molecule has 2 aliphatic rings. The lowest BCUT2D eigenvalue weighted by Gasteiger charge is -2.23. The van der Waals surface area contributed by atoms with Crippen molar-refractivity contribution in [1.29, 1.82) is 0 Å². The Labute approximate surface area is 491 Å². The molecular weight excluding hydrogens is 1010 g/mol. The smallest absolute Gasteiger partial charge is 0.0159 e. The monoisotopic (exact) mass is 1070 g/mol. The van der Waals surface area contributed by atoms with E-state index in [4.69, 9.17) is 0 Å². The Morgan fingerprint density at radius 2 is 0.488 bits per heavy atom. The largest absolute Gasteiger partial charge is 0.0616 e. The van der Waals surface area contributed by atoms with Crippen LogP contribution in [0, 0.1) is 0 Å². The van der Waals surface area contributed by atoms with Crippen molar-refractivity contribution >= 4 is 53.9 Å². The second-order valence-corrected chi connectivity index (χ2v) is 24.8. The molecule has 394 valence electrons. The van der Waals surface area contributed by atoms with Crippen LogP contribution >= 0.6 is 0 Å². The molecule has 0 unspecified atom stereocenters. The molecular formula is C84H58. The van der Waals surface area contributed by atoms with Gasteiger partial charge in [-0.1, -0.05) is 234 Å². The third-order valence-corrected chi connectivity index (χ3v) is 19.3. The minimum absolute atomic E-state index is 0.153. The average molecular weight is 1070 g/mol. The molecule has 0 atom stereocenters. The third kappa shape index (κ3) is 7.53. The molecule has 0 radical (unpaired) electrons. The predicted octanol–water partition coefficient (Wildman–Crippen LogP) is 23.2. The van der Waals surface area contributed by atoms with Crippen molar-refractivity contribution in [3.05, 3.63) is 301 Å². The quantitative estimate of drug-likeness (QED) is 0.140. The molecule has 0 nitrogen and oxygen atoms in total. The lowest BCUT2D eigenvalue weighted by atomic mass is 9.80. The molecule has 0 fully saturated rings. The first-order valence-corrected chi connectivity index (χ1v) is 29.7. The van der Waals surface area contributed by atoms with Crippen molar-refractivity contribution in [2.75, 3.05) is 0 Å². The zero-order valence-corrected chi connectivity index (χ0v) is 47.6. The summed E-state index contributed by atoms with van der Waals surface area (Å²) < 4.78 is 0. The fourth-order valence-electron chi connectivity index (χ4n) is 14.8. The summed E-state index contributed by atoms with van der Waals surface area (Å²) >= 11 is 0. The van der Waals surface area contributed by atoms with Crippen LogP contribution in [0.4, 0.5) is 0 Å². The van der Waals surface area contributed by atoms with E-state index in [-0.39, 0.29) is 10.8 Å². The van der Waals surface area contributed by atoms with Crippen LogP contribution in [-0.2, 0) is 10.8 Å². The Morgan fingerprint density at radius 1 is 0.179 bits per heavy atom. The van der Waals surface area contributed by atoms with Crippen molar-refractivity contribution in [3.8, 4) is 100 Å². The van der Waals surface area contributed by atoms with Crippen molar-refractivity contribution in [3.63, 3.8) is 0 Å². The van der Waals surface area contributed by atoms with Gasteiger partial charge < -0.3 is 0 Å². The molecule has 84 heavy (non-hydrogen) atoms. The van der Waals surface area contributed by atoms with Gasteiger partial charge in [0.05, 0.1) is 0 Å². The maximum Gasteiger partial charge on any atom is 0.0159 e. The highest BCUT2D eigenvalue weighted by Gasteiger charge is 2.37. The fraction of sp³-hybridized carbons (Fsp3) is 0.0714. The van der Waals surface area contributed by atoms with Gasteiger partial charge in [0.2, 0.25) is 0 Å². The summed E-state index contributed by atoms with van der Waals surface area (Å²) in [6, 6.07) is 106. The molecule has 17 rings (SSSR count). The predicted molar refractivity (Wildman–Crippen MR) is 358 cm³/mol. The first-order valence-electron chi connectivity index (χ1n) is 29.7. The van der Waals surface area contributed by atoms with Gasteiger partial charge in [-0.3, -0.25) is 0 Å². The van der Waals surface area contributed by atoms with E-state index >= 15 is 0 Å². The number of rotatable bonds is 7. The van der Waals surface area contributed by atoms with Crippen LogP contribution in [0.25, 0.3) is 154 Å². The highest BCUT2D eigenvalue weighted by atomic mass is 14.4. The third-order valence-electron chi connectivity index (χ3n) is 19.3. The summed E-state index contributed by atoms with van der Waals surface area (Å²) in [5.41, 5.74) is 27.7. The van der Waals surface area contributed by atoms with Gasteiger partial charge in [0, 0.05) is 10.8 Å². The average Bonchev–Trinajstić information content (AvgIpc) is 2.01. The van der Waals surface area contributed by atoms with Crippen molar-refractivity contribution < 1.29 is 0 Å². The van der Waals surface area contributed by atoms with E-state index in [1.165, 1.54) is 176 Å². The van der Waals surface area contributed by atoms with Gasteiger partial charge in [-0.15, -0.1) is 0 Å². The number of hydrogen-bond donors (Lipinski definition) is 0. The molecule has 0 aromatic heterocycles. The number of hydrogen-bond acceptors (Lipinski definition) is 0. The Bertz CT molecular complexity index is 5190. The molecule has 2 aliphatic carbocycles. The fourth-order valence-corrected chi connectivity index (χ4v) is 14.8. The van der Waals surface area contributed by atoms with Gasteiger partial charge in [-0.2, -0.15) is 0 Å². The highest BCUT2D eigenvalue weighted by Crippen LogP contribution is 2.53. The molecule has 0 heteroatoms. The second kappa shape index (κ2) is 18.2. The van der Waals surface area contributed by atoms with E-state index in [0.717, 1.165) is 0 Å². The van der Waals surface area contributed by atoms with Crippen molar-refractivity contribution in [2.45, 2.75) is 38.5 Å². The van der Waals surface area contributed by atoms with E-state index < -0.39 is 0 Å². The molecule has 0 bridgehead atoms. The topological polar surface area (TPSA) is 0 Å². The first-order chi connectivity index (χ1) is 41.1. The maximum absolute atomic E-state index is 2.46. The van der Waals surface area contributed by atoms with Gasteiger partial charge in [0.15, 0.2) is 0 Å². The number of fused-ring (bicyclic) bond motifs is 8. The van der Waals surface area contributed by atoms with Crippen LogP contribution in [0.15, 0.2) is 279 Å². The highest BCUT2D eigenvalue weighted by molar-refractivity contribution is 6.23. The SMILES string of the molecule is CC1(C)c2cc(-c3cccc(-c4cc(-c5cccc(-c6ccc7c(c6)C(C)(C)c6cc(-c8ccc9ccccc9c8)ccc6-7)c5)c5ccccc5c4)c3)ccc2-c2ccc(-c3cccc(-c4cc5ccc6cccc7ccc(c4)c5c67)c3)cc21. The van der Waals surface area contributed by atoms with Crippen LogP contribution in [0.1, 0.15) is 49.9 Å². The Hall–Kier alpha value is -10.1. The van der Waals surface area contributed by atoms with Gasteiger partial charge in [-0.25, -0.2) is 0 Å². The minimum atomic E-state index is -0.188. The normalized spacial score (nSPS) is 13.7. The van der Waals surface area contributed by atoms with E-state index in [9.17, 15) is 0 Å². The summed E-state index contributed by atoms with van der Waals surface area (Å²) in [7, 11) is 0. The van der Waals surface area contributed by atoms with Crippen LogP contribution < -0.4 is 0 Å². The van der Waals surface area contributed by atoms with E-state index in [2.05, 4.69) is 307 Å². The minimum Gasteiger partial charge on any atom is -0.0616 e. The van der Waals surface area contributed by atoms with Gasteiger partial charge in [-0.05, 0) is 249 Å². The summed E-state index contributed by atoms with van der Waals surface area (Å²) in [6.07, 6.45) is 0. The first kappa shape index (κ1) is 48.6. The van der Waals surface area contributed by atoms with E-state index in [0.29, 0.717) is 0 Å². The standard InChI is InChI=1S/C84H58/c1-83(2)77-47-61(55-18-10-21-58(40-55)69-44-67-29-26-52-16-9-17-53-27-30-68(45-69)82(67)81(52)53)31-35-72(77)73-36-32-62(48-78(73)83)56-19-11-22-59(41-56)70-43-65-15-7-8-24-71(65)76(46-70)66-23-12-20-57(42-66)63-33-37-74-75-38-34-64(50-80(75)84(3,4)79(74)49-63)60-28-25-51-13-5-6-14-54(51)39-60/h5-50H,1-4H3. The van der Waals surface area contributed by atoms with Gasteiger partial charge >= 0.3 is 0 Å². The van der Waals surface area contributed by atoms with Crippen LogP contribution in [0.5, 0.6) is 0 Å². The lowest BCUT2D eigenvalue weighted by molar-refractivity contribution is 0.660. The molecule has 0 amide bonds. The van der Waals surface area contributed by atoms with Gasteiger partial charge in [0.25, 0.3) is 0 Å². The van der Waals surface area contributed by atoms with Crippen molar-refractivity contribution in [1.82, 2.24) is 0 Å². The lowest BCUT2D eigenvalue weighted by Crippen LogP contribution is -2.15. The molecule has 15 aromatic rings. The molecule has 0 saturated carbocycles. The zero-order valence-electron chi connectivity index (χ0n) is 47.6. The van der Waals surface area contributed by atoms with Gasteiger partial charge in [0.1, 0.15) is 0 Å². The molecule has 0 spiro atoms. The zero-order chi connectivity index (χ0) is 56.0. The summed E-state index contributed by atoms with van der Waals surface area (Å²) in [5.74, 6) is 0.